The van der Waals surface area contributed by atoms with Gasteiger partial charge in [-0.15, -0.1) is 11.6 Å². The number of nitrogens with one attached hydrogen (secondary N) is 1. The van der Waals surface area contributed by atoms with Crippen LogP contribution in [-0.2, 0) is 4.79 Å². The smallest absolute Gasteiger partial charge is 0.226 e. The number of carbonyl (C=O) groups excluding carboxylic acids is 1. The first-order chi connectivity index (χ1) is 10.1. The van der Waals surface area contributed by atoms with Crippen molar-refractivity contribution in [2.24, 2.45) is 29.1 Å². The van der Waals surface area contributed by atoms with Crippen molar-refractivity contribution in [3.63, 3.8) is 0 Å². The SMILES string of the molecule is CCCC(CCCl)CNC(=O)C12CC3CC(CC(C3)C1)C2. The summed E-state index contributed by atoms with van der Waals surface area (Å²) in [5, 5.41) is 3.31. The van der Waals surface area contributed by atoms with E-state index in [9.17, 15) is 4.79 Å². The van der Waals surface area contributed by atoms with Crippen molar-refractivity contribution in [1.29, 1.82) is 0 Å². The second-order valence-corrected chi connectivity index (χ2v) is 8.42. The zero-order valence-corrected chi connectivity index (χ0v) is 14.1. The number of hydrogen-bond acceptors (Lipinski definition) is 1. The molecule has 2 nitrogen and oxygen atoms in total. The molecular formula is C18H30ClNO. The first kappa shape index (κ1) is 15.6. The van der Waals surface area contributed by atoms with Gasteiger partial charge >= 0.3 is 0 Å². The molecule has 0 spiro atoms. The molecule has 3 heteroatoms. The molecule has 4 bridgehead atoms. The summed E-state index contributed by atoms with van der Waals surface area (Å²) < 4.78 is 0. The van der Waals surface area contributed by atoms with Crippen LogP contribution in [0.15, 0.2) is 0 Å². The van der Waals surface area contributed by atoms with Crippen LogP contribution in [0.1, 0.15) is 64.7 Å². The van der Waals surface area contributed by atoms with E-state index in [2.05, 4.69) is 12.2 Å². The Morgan fingerprint density at radius 2 is 1.71 bits per heavy atom. The van der Waals surface area contributed by atoms with Crippen molar-refractivity contribution < 1.29 is 4.79 Å². The third-order valence-electron chi connectivity index (χ3n) is 6.29. The number of alkyl halides is 1. The minimum atomic E-state index is 0.00643. The van der Waals surface area contributed by atoms with Crippen LogP contribution in [0.3, 0.4) is 0 Å². The predicted octanol–water partition coefficient (Wildman–Crippen LogP) is 4.36. The Morgan fingerprint density at radius 3 is 2.19 bits per heavy atom. The molecule has 4 aliphatic carbocycles. The first-order valence-corrected chi connectivity index (χ1v) is 9.53. The Hall–Kier alpha value is -0.240. The fourth-order valence-electron chi connectivity index (χ4n) is 5.72. The number of amides is 1. The van der Waals surface area contributed by atoms with E-state index < -0.39 is 0 Å². The molecule has 1 amide bonds. The lowest BCUT2D eigenvalue weighted by atomic mass is 9.49. The van der Waals surface area contributed by atoms with E-state index in [1.165, 1.54) is 51.4 Å². The van der Waals surface area contributed by atoms with E-state index in [1.54, 1.807) is 0 Å². The summed E-state index contributed by atoms with van der Waals surface area (Å²) in [4.78, 5) is 12.9. The molecule has 4 fully saturated rings. The van der Waals surface area contributed by atoms with Crippen LogP contribution < -0.4 is 5.32 Å². The molecule has 1 atom stereocenters. The molecule has 0 aromatic heterocycles. The molecule has 120 valence electrons. The van der Waals surface area contributed by atoms with Gasteiger partial charge in [0.1, 0.15) is 0 Å². The highest BCUT2D eigenvalue weighted by Gasteiger charge is 2.54. The second-order valence-electron chi connectivity index (χ2n) is 8.04. The van der Waals surface area contributed by atoms with Gasteiger partial charge in [-0.25, -0.2) is 0 Å². The summed E-state index contributed by atoms with van der Waals surface area (Å²) in [6.45, 7) is 3.04. The number of rotatable bonds is 7. The minimum Gasteiger partial charge on any atom is -0.355 e. The van der Waals surface area contributed by atoms with Crippen LogP contribution in [0, 0.1) is 29.1 Å². The molecule has 0 heterocycles. The number of carbonyl (C=O) groups is 1. The molecule has 4 rings (SSSR count). The monoisotopic (exact) mass is 311 g/mol. The van der Waals surface area contributed by atoms with Crippen LogP contribution in [0.5, 0.6) is 0 Å². The maximum absolute atomic E-state index is 12.9. The van der Waals surface area contributed by atoms with Gasteiger partial charge in [-0.1, -0.05) is 13.3 Å². The van der Waals surface area contributed by atoms with Gasteiger partial charge in [0.25, 0.3) is 0 Å². The quantitative estimate of drug-likeness (QED) is 0.695. The first-order valence-electron chi connectivity index (χ1n) is 8.99. The Balaban J connectivity index is 1.57. The fraction of sp³-hybridized carbons (Fsp3) is 0.944. The maximum Gasteiger partial charge on any atom is 0.226 e. The largest absolute Gasteiger partial charge is 0.355 e. The van der Waals surface area contributed by atoms with Crippen LogP contribution >= 0.6 is 11.6 Å². The standard InChI is InChI=1S/C18H30ClNO/c1-2-3-13(4-5-19)12-20-17(21)18-9-14-6-15(10-18)8-16(7-14)11-18/h13-16H,2-12H2,1H3,(H,20,21). The topological polar surface area (TPSA) is 29.1 Å². The molecule has 21 heavy (non-hydrogen) atoms. The average molecular weight is 312 g/mol. The molecule has 0 aromatic carbocycles. The van der Waals surface area contributed by atoms with Crippen molar-refractivity contribution in [2.45, 2.75) is 64.7 Å². The van der Waals surface area contributed by atoms with Crippen molar-refractivity contribution >= 4 is 17.5 Å². The highest BCUT2D eigenvalue weighted by Crippen LogP contribution is 2.60. The van der Waals surface area contributed by atoms with E-state index in [-0.39, 0.29) is 5.41 Å². The third kappa shape index (κ3) is 3.25. The van der Waals surface area contributed by atoms with E-state index in [0.717, 1.165) is 30.7 Å². The highest BCUT2D eigenvalue weighted by molar-refractivity contribution is 6.17. The summed E-state index contributed by atoms with van der Waals surface area (Å²) in [5.41, 5.74) is 0.00643. The zero-order valence-electron chi connectivity index (χ0n) is 13.4. The zero-order chi connectivity index (χ0) is 14.9. The van der Waals surface area contributed by atoms with Crippen molar-refractivity contribution in [3.05, 3.63) is 0 Å². The van der Waals surface area contributed by atoms with E-state index in [1.807, 2.05) is 0 Å². The van der Waals surface area contributed by atoms with Crippen LogP contribution in [-0.4, -0.2) is 18.3 Å². The molecule has 0 aromatic rings. The molecule has 4 aliphatic rings. The van der Waals surface area contributed by atoms with E-state index in [4.69, 9.17) is 11.6 Å². The van der Waals surface area contributed by atoms with Gasteiger partial charge in [0, 0.05) is 17.8 Å². The third-order valence-corrected chi connectivity index (χ3v) is 6.50. The van der Waals surface area contributed by atoms with E-state index in [0.29, 0.717) is 17.7 Å². The normalized spacial score (nSPS) is 38.5. The molecule has 0 radical (unpaired) electrons. The van der Waals surface area contributed by atoms with Gasteiger partial charge in [-0.3, -0.25) is 4.79 Å². The Kier molecular flexibility index (Phi) is 4.83. The molecule has 4 saturated carbocycles. The minimum absolute atomic E-state index is 0.00643. The Bertz CT molecular complexity index is 340. The van der Waals surface area contributed by atoms with Gasteiger partial charge in [-0.2, -0.15) is 0 Å². The molecule has 0 aliphatic heterocycles. The summed E-state index contributed by atoms with van der Waals surface area (Å²) in [5.74, 6) is 4.17. The van der Waals surface area contributed by atoms with Gasteiger partial charge in [-0.05, 0) is 75.0 Å². The second kappa shape index (κ2) is 6.48. The lowest BCUT2D eigenvalue weighted by Crippen LogP contribution is -2.54. The van der Waals surface area contributed by atoms with Gasteiger partial charge < -0.3 is 5.32 Å². The molecule has 0 saturated heterocycles. The van der Waals surface area contributed by atoms with Crippen molar-refractivity contribution in [1.82, 2.24) is 5.32 Å². The number of halogens is 1. The average Bonchev–Trinajstić information content (AvgIpc) is 2.43. The summed E-state index contributed by atoms with van der Waals surface area (Å²) >= 11 is 5.89. The fourth-order valence-corrected chi connectivity index (χ4v) is 6.03. The van der Waals surface area contributed by atoms with Gasteiger partial charge in [0.2, 0.25) is 5.91 Å². The summed E-state index contributed by atoms with van der Waals surface area (Å²) in [7, 11) is 0. The highest BCUT2D eigenvalue weighted by atomic mass is 35.5. The predicted molar refractivity (Wildman–Crippen MR) is 87.3 cm³/mol. The van der Waals surface area contributed by atoms with Gasteiger partial charge in [0.05, 0.1) is 0 Å². The van der Waals surface area contributed by atoms with Crippen LogP contribution in [0.25, 0.3) is 0 Å². The van der Waals surface area contributed by atoms with Crippen LogP contribution in [0.2, 0.25) is 0 Å². The maximum atomic E-state index is 12.9. The van der Waals surface area contributed by atoms with E-state index >= 15 is 0 Å². The van der Waals surface area contributed by atoms with Crippen LogP contribution in [0.4, 0.5) is 0 Å². The summed E-state index contributed by atoms with van der Waals surface area (Å²) in [6.07, 6.45) is 11.1. The lowest BCUT2D eigenvalue weighted by molar-refractivity contribution is -0.146. The molecular weight excluding hydrogens is 282 g/mol. The van der Waals surface area contributed by atoms with Crippen molar-refractivity contribution in [2.75, 3.05) is 12.4 Å². The molecule has 1 N–H and O–H groups in total. The van der Waals surface area contributed by atoms with Gasteiger partial charge in [0.15, 0.2) is 0 Å². The Morgan fingerprint density at radius 1 is 1.14 bits per heavy atom. The number of hydrogen-bond donors (Lipinski definition) is 1. The Labute approximate surface area is 134 Å². The van der Waals surface area contributed by atoms with Crippen molar-refractivity contribution in [3.8, 4) is 0 Å². The lowest BCUT2D eigenvalue weighted by Gasteiger charge is -2.55. The summed E-state index contributed by atoms with van der Waals surface area (Å²) in [6, 6.07) is 0. The molecule has 1 unspecified atom stereocenters.